The van der Waals surface area contributed by atoms with E-state index in [1.165, 1.54) is 11.8 Å². The van der Waals surface area contributed by atoms with Crippen molar-refractivity contribution in [3.05, 3.63) is 54.1 Å². The maximum atomic E-state index is 12.5. The van der Waals surface area contributed by atoms with Crippen molar-refractivity contribution in [2.75, 3.05) is 13.1 Å². The SMILES string of the molecule is C=CCN(CC=C)C(=O)C1CC(=O)c2cc(Cl)ccc2S1. The van der Waals surface area contributed by atoms with E-state index >= 15 is 0 Å². The van der Waals surface area contributed by atoms with Gasteiger partial charge in [0.1, 0.15) is 0 Å². The van der Waals surface area contributed by atoms with Crippen LogP contribution in [-0.2, 0) is 4.79 Å². The highest BCUT2D eigenvalue weighted by atomic mass is 35.5. The summed E-state index contributed by atoms with van der Waals surface area (Å²) in [7, 11) is 0. The van der Waals surface area contributed by atoms with Crippen molar-refractivity contribution < 1.29 is 9.59 Å². The fourth-order valence-corrected chi connectivity index (χ4v) is 3.61. The number of hydrogen-bond acceptors (Lipinski definition) is 3. The lowest BCUT2D eigenvalue weighted by molar-refractivity contribution is -0.129. The fraction of sp³-hybridized carbons (Fsp3) is 0.250. The van der Waals surface area contributed by atoms with Crippen LogP contribution in [0.5, 0.6) is 0 Å². The van der Waals surface area contributed by atoms with Crippen molar-refractivity contribution in [1.82, 2.24) is 4.90 Å². The Morgan fingerprint density at radius 2 is 2.05 bits per heavy atom. The van der Waals surface area contributed by atoms with Crippen LogP contribution in [0.4, 0.5) is 0 Å². The number of thioether (sulfide) groups is 1. The van der Waals surface area contributed by atoms with Crippen LogP contribution in [0, 0.1) is 0 Å². The summed E-state index contributed by atoms with van der Waals surface area (Å²) in [5.41, 5.74) is 0.607. The third-order valence-electron chi connectivity index (χ3n) is 3.17. The normalized spacial score (nSPS) is 17.0. The van der Waals surface area contributed by atoms with E-state index in [9.17, 15) is 9.59 Å². The van der Waals surface area contributed by atoms with Crippen LogP contribution >= 0.6 is 23.4 Å². The molecule has 110 valence electrons. The first-order chi connectivity index (χ1) is 10.1. The Labute approximate surface area is 133 Å². The Hall–Kier alpha value is -1.52. The standard InChI is InChI=1S/C16H16ClNO2S/c1-3-7-18(8-4-2)16(20)15-10-13(19)12-9-11(17)5-6-14(12)21-15/h3-6,9,15H,1-2,7-8,10H2. The molecule has 0 aliphatic carbocycles. The van der Waals surface area contributed by atoms with Gasteiger partial charge in [-0.15, -0.1) is 24.9 Å². The highest BCUT2D eigenvalue weighted by Gasteiger charge is 2.32. The lowest BCUT2D eigenvalue weighted by Gasteiger charge is -2.28. The van der Waals surface area contributed by atoms with Crippen LogP contribution in [-0.4, -0.2) is 34.9 Å². The van der Waals surface area contributed by atoms with Crippen LogP contribution in [0.15, 0.2) is 48.4 Å². The van der Waals surface area contributed by atoms with Gasteiger partial charge >= 0.3 is 0 Å². The van der Waals surface area contributed by atoms with Gasteiger partial charge < -0.3 is 4.90 Å². The Kier molecular flexibility index (Phi) is 5.26. The molecule has 1 heterocycles. The number of halogens is 1. The van der Waals surface area contributed by atoms with Crippen molar-refractivity contribution in [3.8, 4) is 0 Å². The molecule has 2 rings (SSSR count). The Bertz CT molecular complexity index is 590. The molecule has 0 radical (unpaired) electrons. The van der Waals surface area contributed by atoms with Crippen molar-refractivity contribution in [3.63, 3.8) is 0 Å². The number of fused-ring (bicyclic) bond motifs is 1. The molecule has 1 atom stereocenters. The minimum atomic E-state index is -0.397. The highest BCUT2D eigenvalue weighted by Crippen LogP contribution is 2.37. The second-order valence-electron chi connectivity index (χ2n) is 4.69. The number of Topliss-reactive ketones (excluding diaryl/α,β-unsaturated/α-hetero) is 1. The van der Waals surface area contributed by atoms with E-state index in [4.69, 9.17) is 11.6 Å². The summed E-state index contributed by atoms with van der Waals surface area (Å²) in [6, 6.07) is 5.20. The summed E-state index contributed by atoms with van der Waals surface area (Å²) in [6.45, 7) is 8.20. The maximum absolute atomic E-state index is 12.5. The van der Waals surface area contributed by atoms with Crippen molar-refractivity contribution in [2.45, 2.75) is 16.6 Å². The number of hydrogen-bond donors (Lipinski definition) is 0. The summed E-state index contributed by atoms with van der Waals surface area (Å²) in [4.78, 5) is 27.2. The quantitative estimate of drug-likeness (QED) is 0.778. The Balaban J connectivity index is 2.21. The smallest absolute Gasteiger partial charge is 0.237 e. The first-order valence-corrected chi connectivity index (χ1v) is 7.82. The molecule has 0 saturated heterocycles. The molecule has 1 aromatic carbocycles. The lowest BCUT2D eigenvalue weighted by atomic mass is 10.0. The molecule has 0 saturated carbocycles. The first-order valence-electron chi connectivity index (χ1n) is 6.56. The van der Waals surface area contributed by atoms with Gasteiger partial charge in [-0.1, -0.05) is 23.8 Å². The lowest BCUT2D eigenvalue weighted by Crippen LogP contribution is -2.40. The average molecular weight is 322 g/mol. The third-order valence-corrected chi connectivity index (χ3v) is 4.67. The zero-order valence-electron chi connectivity index (χ0n) is 11.5. The summed E-state index contributed by atoms with van der Waals surface area (Å²) in [6.07, 6.45) is 3.54. The van der Waals surface area contributed by atoms with Gasteiger partial charge in [-0.25, -0.2) is 0 Å². The molecule has 5 heteroatoms. The second kappa shape index (κ2) is 6.96. The largest absolute Gasteiger partial charge is 0.334 e. The molecule has 1 aliphatic heterocycles. The van der Waals surface area contributed by atoms with Crippen LogP contribution < -0.4 is 0 Å². The number of carbonyl (C=O) groups is 2. The van der Waals surface area contributed by atoms with Gasteiger partial charge in [0.2, 0.25) is 5.91 Å². The molecule has 0 N–H and O–H groups in total. The minimum absolute atomic E-state index is 0.0400. The zero-order chi connectivity index (χ0) is 15.4. The highest BCUT2D eigenvalue weighted by molar-refractivity contribution is 8.00. The van der Waals surface area contributed by atoms with Crippen molar-refractivity contribution >= 4 is 35.1 Å². The van der Waals surface area contributed by atoms with Gasteiger partial charge in [0.15, 0.2) is 5.78 Å². The van der Waals surface area contributed by atoms with E-state index in [-0.39, 0.29) is 18.1 Å². The van der Waals surface area contributed by atoms with Gasteiger partial charge in [-0.3, -0.25) is 9.59 Å². The van der Waals surface area contributed by atoms with Gasteiger partial charge in [0.25, 0.3) is 0 Å². The maximum Gasteiger partial charge on any atom is 0.237 e. The molecule has 0 fully saturated rings. The molecule has 0 aromatic heterocycles. The monoisotopic (exact) mass is 321 g/mol. The molecular weight excluding hydrogens is 306 g/mol. The molecule has 1 amide bonds. The molecule has 21 heavy (non-hydrogen) atoms. The van der Waals surface area contributed by atoms with E-state index in [0.29, 0.717) is 23.7 Å². The number of benzene rings is 1. The topological polar surface area (TPSA) is 37.4 Å². The first kappa shape index (κ1) is 15.9. The van der Waals surface area contributed by atoms with Crippen LogP contribution in [0.2, 0.25) is 5.02 Å². The van der Waals surface area contributed by atoms with E-state index < -0.39 is 5.25 Å². The van der Waals surface area contributed by atoms with Crippen molar-refractivity contribution in [2.24, 2.45) is 0 Å². The van der Waals surface area contributed by atoms with E-state index in [1.807, 2.05) is 0 Å². The van der Waals surface area contributed by atoms with E-state index in [1.54, 1.807) is 35.3 Å². The number of amides is 1. The molecule has 0 spiro atoms. The average Bonchev–Trinajstić information content (AvgIpc) is 2.47. The molecule has 1 aromatic rings. The van der Waals surface area contributed by atoms with Crippen LogP contribution in [0.1, 0.15) is 16.8 Å². The van der Waals surface area contributed by atoms with Gasteiger partial charge in [0, 0.05) is 35.0 Å². The molecule has 3 nitrogen and oxygen atoms in total. The Morgan fingerprint density at radius 1 is 1.38 bits per heavy atom. The van der Waals surface area contributed by atoms with Crippen LogP contribution in [0.25, 0.3) is 0 Å². The van der Waals surface area contributed by atoms with Crippen LogP contribution in [0.3, 0.4) is 0 Å². The minimum Gasteiger partial charge on any atom is -0.334 e. The fourth-order valence-electron chi connectivity index (χ4n) is 2.20. The number of ketones is 1. The van der Waals surface area contributed by atoms with Crippen molar-refractivity contribution in [1.29, 1.82) is 0 Å². The molecule has 0 bridgehead atoms. The summed E-state index contributed by atoms with van der Waals surface area (Å²) in [5, 5.41) is 0.137. The second-order valence-corrected chi connectivity index (χ2v) is 6.38. The molecule has 1 aliphatic rings. The molecular formula is C16H16ClNO2S. The number of carbonyl (C=O) groups excluding carboxylic acids is 2. The zero-order valence-corrected chi connectivity index (χ0v) is 13.1. The summed E-state index contributed by atoms with van der Waals surface area (Å²) < 4.78 is 0. The molecule has 1 unspecified atom stereocenters. The number of nitrogens with zero attached hydrogens (tertiary/aromatic N) is 1. The Morgan fingerprint density at radius 3 is 2.67 bits per heavy atom. The third kappa shape index (κ3) is 3.57. The van der Waals surface area contributed by atoms with Gasteiger partial charge in [-0.2, -0.15) is 0 Å². The predicted octanol–water partition coefficient (Wildman–Crippen LogP) is 3.59. The van der Waals surface area contributed by atoms with Gasteiger partial charge in [-0.05, 0) is 18.2 Å². The van der Waals surface area contributed by atoms with Gasteiger partial charge in [0.05, 0.1) is 5.25 Å². The summed E-state index contributed by atoms with van der Waals surface area (Å²) in [5.74, 6) is -0.101. The van der Waals surface area contributed by atoms with E-state index in [2.05, 4.69) is 13.2 Å². The van der Waals surface area contributed by atoms with E-state index in [0.717, 1.165) is 4.90 Å². The summed E-state index contributed by atoms with van der Waals surface area (Å²) >= 11 is 7.33. The predicted molar refractivity (Wildman–Crippen MR) is 87.0 cm³/mol. The number of rotatable bonds is 5.